The number of benzene rings is 2. The molecule has 7 nitrogen and oxygen atoms in total. The van der Waals surface area contributed by atoms with Crippen molar-refractivity contribution in [1.82, 2.24) is 4.90 Å². The zero-order valence-corrected chi connectivity index (χ0v) is 16.1. The number of likely N-dealkylation sites (tertiary alicyclic amines) is 1. The van der Waals surface area contributed by atoms with Gasteiger partial charge in [-0.05, 0) is 73.6 Å². The molecule has 0 atom stereocenters. The van der Waals surface area contributed by atoms with Crippen molar-refractivity contribution in [3.63, 3.8) is 0 Å². The van der Waals surface area contributed by atoms with Crippen molar-refractivity contribution in [2.45, 2.75) is 17.7 Å². The molecular formula is C18H20N4O3S2. The second-order valence-corrected chi connectivity index (χ2v) is 8.19. The van der Waals surface area contributed by atoms with Crippen LogP contribution in [0.2, 0.25) is 0 Å². The summed E-state index contributed by atoms with van der Waals surface area (Å²) in [6.07, 6.45) is 2.12. The molecular weight excluding hydrogens is 384 g/mol. The van der Waals surface area contributed by atoms with Gasteiger partial charge in [0, 0.05) is 30.0 Å². The predicted octanol–water partition coefficient (Wildman–Crippen LogP) is 2.38. The van der Waals surface area contributed by atoms with Gasteiger partial charge in [0.15, 0.2) is 5.11 Å². The first-order chi connectivity index (χ1) is 12.8. The lowest BCUT2D eigenvalue weighted by Gasteiger charge is -2.15. The van der Waals surface area contributed by atoms with Gasteiger partial charge in [-0.1, -0.05) is 0 Å². The first-order valence-electron chi connectivity index (χ1n) is 8.43. The summed E-state index contributed by atoms with van der Waals surface area (Å²) in [6.45, 7) is 1.63. The summed E-state index contributed by atoms with van der Waals surface area (Å²) in [4.78, 5) is 14.2. The lowest BCUT2D eigenvalue weighted by atomic mass is 10.2. The van der Waals surface area contributed by atoms with Gasteiger partial charge in [-0.2, -0.15) is 0 Å². The number of sulfonamides is 1. The van der Waals surface area contributed by atoms with Crippen molar-refractivity contribution in [3.05, 3.63) is 54.1 Å². The summed E-state index contributed by atoms with van der Waals surface area (Å²) in [5.41, 5.74) is 2.02. The predicted molar refractivity (Wildman–Crippen MR) is 109 cm³/mol. The molecule has 0 bridgehead atoms. The molecule has 2 aromatic rings. The molecule has 1 saturated heterocycles. The molecule has 4 N–H and O–H groups in total. The molecule has 0 spiro atoms. The third kappa shape index (κ3) is 5.03. The number of thiocarbonyl (C=S) groups is 1. The molecule has 0 saturated carbocycles. The molecule has 2 aromatic carbocycles. The number of hydrogen-bond acceptors (Lipinski definition) is 4. The molecule has 1 fully saturated rings. The van der Waals surface area contributed by atoms with E-state index < -0.39 is 10.0 Å². The zero-order valence-electron chi connectivity index (χ0n) is 14.5. The molecule has 9 heteroatoms. The van der Waals surface area contributed by atoms with Crippen LogP contribution in [-0.4, -0.2) is 37.4 Å². The van der Waals surface area contributed by atoms with Gasteiger partial charge in [0.2, 0.25) is 10.0 Å². The minimum atomic E-state index is -3.72. The summed E-state index contributed by atoms with van der Waals surface area (Å²) in [7, 11) is -3.72. The Morgan fingerprint density at radius 3 is 1.89 bits per heavy atom. The van der Waals surface area contributed by atoms with Crippen LogP contribution in [0.4, 0.5) is 11.4 Å². The van der Waals surface area contributed by atoms with Crippen molar-refractivity contribution in [1.29, 1.82) is 0 Å². The highest BCUT2D eigenvalue weighted by molar-refractivity contribution is 7.89. The van der Waals surface area contributed by atoms with E-state index in [2.05, 4.69) is 10.6 Å². The first-order valence-corrected chi connectivity index (χ1v) is 10.4. The fraction of sp³-hybridized carbons (Fsp3) is 0.222. The largest absolute Gasteiger partial charge is 0.339 e. The normalized spacial score (nSPS) is 14.0. The minimum absolute atomic E-state index is 0.0326. The van der Waals surface area contributed by atoms with Gasteiger partial charge in [0.1, 0.15) is 0 Å². The summed E-state index contributed by atoms with van der Waals surface area (Å²) in [6, 6.07) is 13.1. The van der Waals surface area contributed by atoms with E-state index in [9.17, 15) is 13.2 Å². The Morgan fingerprint density at radius 1 is 0.926 bits per heavy atom. The summed E-state index contributed by atoms with van der Waals surface area (Å²) in [5, 5.41) is 11.4. The van der Waals surface area contributed by atoms with E-state index in [1.54, 1.807) is 36.4 Å². The van der Waals surface area contributed by atoms with E-state index in [0.717, 1.165) is 31.6 Å². The fourth-order valence-corrected chi connectivity index (χ4v) is 3.57. The highest BCUT2D eigenvalue weighted by Gasteiger charge is 2.19. The average Bonchev–Trinajstić information content (AvgIpc) is 3.16. The molecule has 1 aliphatic heterocycles. The maximum atomic E-state index is 12.3. The third-order valence-electron chi connectivity index (χ3n) is 4.22. The second-order valence-electron chi connectivity index (χ2n) is 6.23. The Hall–Kier alpha value is -2.49. The number of nitrogens with one attached hydrogen (secondary N) is 2. The number of nitrogens with two attached hydrogens (primary N) is 1. The minimum Gasteiger partial charge on any atom is -0.339 e. The molecule has 0 aliphatic carbocycles. The molecule has 1 aliphatic rings. The Bertz CT molecular complexity index is 936. The Morgan fingerprint density at radius 2 is 1.41 bits per heavy atom. The Balaban J connectivity index is 1.58. The van der Waals surface area contributed by atoms with Gasteiger partial charge in [-0.3, -0.25) is 4.79 Å². The first kappa shape index (κ1) is 19.3. The molecule has 0 unspecified atom stereocenters. The molecule has 27 heavy (non-hydrogen) atoms. The van der Waals surface area contributed by atoms with E-state index in [1.807, 2.05) is 4.90 Å². The topological polar surface area (TPSA) is 105 Å². The van der Waals surface area contributed by atoms with Crippen LogP contribution in [0.1, 0.15) is 23.2 Å². The number of nitrogens with zero attached hydrogens (tertiary/aromatic N) is 1. The van der Waals surface area contributed by atoms with Crippen LogP contribution >= 0.6 is 12.2 Å². The molecule has 142 valence electrons. The Labute approximate surface area is 163 Å². The molecule has 1 heterocycles. The highest BCUT2D eigenvalue weighted by Crippen LogP contribution is 2.17. The Kier molecular flexibility index (Phi) is 5.73. The van der Waals surface area contributed by atoms with E-state index in [-0.39, 0.29) is 10.8 Å². The number of carbonyl (C=O) groups is 1. The smallest absolute Gasteiger partial charge is 0.253 e. The molecule has 1 amide bonds. The van der Waals surface area contributed by atoms with Crippen LogP contribution in [0.3, 0.4) is 0 Å². The van der Waals surface area contributed by atoms with E-state index in [0.29, 0.717) is 16.4 Å². The van der Waals surface area contributed by atoms with Gasteiger partial charge in [-0.25, -0.2) is 13.6 Å². The summed E-state index contributed by atoms with van der Waals surface area (Å²) < 4.78 is 22.5. The molecule has 3 rings (SSSR count). The van der Waals surface area contributed by atoms with Crippen molar-refractivity contribution < 1.29 is 13.2 Å². The average molecular weight is 405 g/mol. The van der Waals surface area contributed by atoms with Crippen LogP contribution in [0.15, 0.2) is 53.4 Å². The quantitative estimate of drug-likeness (QED) is 0.676. The monoisotopic (exact) mass is 404 g/mol. The van der Waals surface area contributed by atoms with Crippen LogP contribution in [0.5, 0.6) is 0 Å². The third-order valence-corrected chi connectivity index (χ3v) is 5.36. The number of carbonyl (C=O) groups excluding carboxylic acids is 1. The van der Waals surface area contributed by atoms with Crippen molar-refractivity contribution in [3.8, 4) is 0 Å². The van der Waals surface area contributed by atoms with Crippen molar-refractivity contribution in [2.24, 2.45) is 5.14 Å². The number of rotatable bonds is 4. The van der Waals surface area contributed by atoms with Gasteiger partial charge in [0.25, 0.3) is 5.91 Å². The van der Waals surface area contributed by atoms with Gasteiger partial charge >= 0.3 is 0 Å². The number of anilines is 2. The van der Waals surface area contributed by atoms with Crippen LogP contribution < -0.4 is 15.8 Å². The van der Waals surface area contributed by atoms with E-state index >= 15 is 0 Å². The van der Waals surface area contributed by atoms with Crippen LogP contribution in [-0.2, 0) is 10.0 Å². The van der Waals surface area contributed by atoms with Gasteiger partial charge in [0.05, 0.1) is 4.90 Å². The maximum Gasteiger partial charge on any atom is 0.253 e. The van der Waals surface area contributed by atoms with Gasteiger partial charge in [-0.15, -0.1) is 0 Å². The van der Waals surface area contributed by atoms with Crippen LogP contribution in [0.25, 0.3) is 0 Å². The van der Waals surface area contributed by atoms with Crippen LogP contribution in [0, 0.1) is 0 Å². The SMILES string of the molecule is NS(=O)(=O)c1ccc(NC(=S)Nc2ccc(C(=O)N3CCCC3)cc2)cc1. The molecule has 0 radical (unpaired) electrons. The van der Waals surface area contributed by atoms with E-state index in [1.165, 1.54) is 12.1 Å². The summed E-state index contributed by atoms with van der Waals surface area (Å²) in [5.74, 6) is 0.0506. The second kappa shape index (κ2) is 8.03. The number of hydrogen-bond donors (Lipinski definition) is 3. The lowest BCUT2D eigenvalue weighted by molar-refractivity contribution is 0.0793. The lowest BCUT2D eigenvalue weighted by Crippen LogP contribution is -2.27. The fourth-order valence-electron chi connectivity index (χ4n) is 2.82. The summed E-state index contributed by atoms with van der Waals surface area (Å²) >= 11 is 5.26. The van der Waals surface area contributed by atoms with Gasteiger partial charge < -0.3 is 15.5 Å². The standard InChI is InChI=1S/C18H20N4O3S2/c19-27(24,25)16-9-7-15(8-10-16)21-18(26)20-14-5-3-13(4-6-14)17(23)22-11-1-2-12-22/h3-10H,1-2,11-12H2,(H2,19,24,25)(H2,20,21,26). The highest BCUT2D eigenvalue weighted by atomic mass is 32.2. The number of amides is 1. The molecule has 0 aromatic heterocycles. The van der Waals surface area contributed by atoms with Crippen molar-refractivity contribution in [2.75, 3.05) is 23.7 Å². The van der Waals surface area contributed by atoms with E-state index in [4.69, 9.17) is 17.4 Å². The maximum absolute atomic E-state index is 12.3. The zero-order chi connectivity index (χ0) is 19.4. The van der Waals surface area contributed by atoms with Crippen molar-refractivity contribution >= 4 is 44.6 Å². The number of primary sulfonamides is 1.